The molecule has 0 spiro atoms. The van der Waals surface area contributed by atoms with Crippen LogP contribution in [-0.4, -0.2) is 12.8 Å². The van der Waals surface area contributed by atoms with Gasteiger partial charge in [-0.25, -0.2) is 0 Å². The van der Waals surface area contributed by atoms with E-state index in [0.717, 1.165) is 30.5 Å². The number of hydrogen-bond acceptors (Lipinski definition) is 3. The Morgan fingerprint density at radius 1 is 1.15 bits per heavy atom. The molecule has 1 heterocycles. The Hall–Kier alpha value is -1.61. The SMILES string of the molecule is Cc1cc(CCCCNc2ccc(C=O)cc2)c(C)s1. The van der Waals surface area contributed by atoms with E-state index in [2.05, 4.69) is 25.2 Å². The Bertz CT molecular complexity index is 557. The summed E-state index contributed by atoms with van der Waals surface area (Å²) in [5.74, 6) is 0. The second kappa shape index (κ2) is 7.25. The van der Waals surface area contributed by atoms with Gasteiger partial charge in [-0.1, -0.05) is 0 Å². The van der Waals surface area contributed by atoms with E-state index in [0.29, 0.717) is 0 Å². The molecule has 0 aliphatic heterocycles. The molecule has 0 radical (unpaired) electrons. The molecule has 1 N–H and O–H groups in total. The van der Waals surface area contributed by atoms with Gasteiger partial charge in [0.1, 0.15) is 6.29 Å². The first-order valence-corrected chi connectivity index (χ1v) is 7.85. The summed E-state index contributed by atoms with van der Waals surface area (Å²) in [6.45, 7) is 5.36. The summed E-state index contributed by atoms with van der Waals surface area (Å²) in [7, 11) is 0. The summed E-state index contributed by atoms with van der Waals surface area (Å²) in [6, 6.07) is 9.90. The van der Waals surface area contributed by atoms with E-state index in [1.807, 2.05) is 35.6 Å². The molecular formula is C17H21NOS. The smallest absolute Gasteiger partial charge is 0.150 e. The topological polar surface area (TPSA) is 29.1 Å². The average molecular weight is 287 g/mol. The third-order valence-corrected chi connectivity index (χ3v) is 4.40. The first kappa shape index (κ1) is 14.8. The van der Waals surface area contributed by atoms with Crippen LogP contribution < -0.4 is 5.32 Å². The van der Waals surface area contributed by atoms with Crippen molar-refractivity contribution in [3.63, 3.8) is 0 Å². The summed E-state index contributed by atoms with van der Waals surface area (Å²) >= 11 is 1.89. The van der Waals surface area contributed by atoms with Crippen LogP contribution >= 0.6 is 11.3 Å². The zero-order valence-corrected chi connectivity index (χ0v) is 12.9. The molecular weight excluding hydrogens is 266 g/mol. The minimum atomic E-state index is 0.721. The van der Waals surface area contributed by atoms with Crippen molar-refractivity contribution in [2.24, 2.45) is 0 Å². The van der Waals surface area contributed by atoms with Crippen LogP contribution in [0, 0.1) is 13.8 Å². The van der Waals surface area contributed by atoms with Gasteiger partial charge in [-0.3, -0.25) is 4.79 Å². The van der Waals surface area contributed by atoms with Crippen molar-refractivity contribution in [1.82, 2.24) is 0 Å². The maximum Gasteiger partial charge on any atom is 0.150 e. The second-order valence-electron chi connectivity index (χ2n) is 5.06. The third-order valence-electron chi connectivity index (χ3n) is 3.39. The number of unbranched alkanes of at least 4 members (excludes halogenated alkanes) is 1. The Labute approximate surface area is 124 Å². The fourth-order valence-corrected chi connectivity index (χ4v) is 3.26. The number of hydrogen-bond donors (Lipinski definition) is 1. The molecule has 0 aliphatic rings. The molecule has 0 fully saturated rings. The lowest BCUT2D eigenvalue weighted by Gasteiger charge is -2.06. The van der Waals surface area contributed by atoms with E-state index in [-0.39, 0.29) is 0 Å². The highest BCUT2D eigenvalue weighted by Gasteiger charge is 2.02. The largest absolute Gasteiger partial charge is 0.385 e. The molecule has 0 bridgehead atoms. The highest BCUT2D eigenvalue weighted by atomic mass is 32.1. The van der Waals surface area contributed by atoms with Crippen molar-refractivity contribution >= 4 is 23.3 Å². The van der Waals surface area contributed by atoms with Crippen molar-refractivity contribution < 1.29 is 4.79 Å². The number of benzene rings is 1. The molecule has 20 heavy (non-hydrogen) atoms. The first-order valence-electron chi connectivity index (χ1n) is 7.04. The van der Waals surface area contributed by atoms with E-state index in [1.54, 1.807) is 0 Å². The number of thiophene rings is 1. The fraction of sp³-hybridized carbons (Fsp3) is 0.353. The van der Waals surface area contributed by atoms with Gasteiger partial charge in [0.25, 0.3) is 0 Å². The highest BCUT2D eigenvalue weighted by Crippen LogP contribution is 2.22. The number of nitrogens with one attached hydrogen (secondary N) is 1. The van der Waals surface area contributed by atoms with Gasteiger partial charge >= 0.3 is 0 Å². The van der Waals surface area contributed by atoms with Gasteiger partial charge in [-0.15, -0.1) is 11.3 Å². The van der Waals surface area contributed by atoms with Crippen LogP contribution in [0.3, 0.4) is 0 Å². The maximum atomic E-state index is 10.6. The van der Waals surface area contributed by atoms with Crippen molar-refractivity contribution in [3.8, 4) is 0 Å². The second-order valence-corrected chi connectivity index (χ2v) is 6.52. The predicted molar refractivity (Wildman–Crippen MR) is 87.1 cm³/mol. The highest BCUT2D eigenvalue weighted by molar-refractivity contribution is 7.12. The van der Waals surface area contributed by atoms with Crippen LogP contribution in [0.25, 0.3) is 0 Å². The molecule has 0 amide bonds. The average Bonchev–Trinajstić information content (AvgIpc) is 2.77. The zero-order valence-electron chi connectivity index (χ0n) is 12.1. The quantitative estimate of drug-likeness (QED) is 0.595. The van der Waals surface area contributed by atoms with E-state index in [4.69, 9.17) is 0 Å². The molecule has 2 rings (SSSR count). The summed E-state index contributed by atoms with van der Waals surface area (Å²) in [5, 5.41) is 3.39. The number of carbonyl (C=O) groups excluding carboxylic acids is 1. The van der Waals surface area contributed by atoms with Crippen LogP contribution in [0.1, 0.15) is 38.5 Å². The summed E-state index contributed by atoms with van der Waals surface area (Å²) in [4.78, 5) is 13.4. The van der Waals surface area contributed by atoms with Gasteiger partial charge in [-0.05, 0) is 69.0 Å². The Morgan fingerprint density at radius 2 is 1.90 bits per heavy atom. The van der Waals surface area contributed by atoms with Gasteiger partial charge in [0.15, 0.2) is 0 Å². The van der Waals surface area contributed by atoms with Crippen molar-refractivity contribution in [3.05, 3.63) is 51.2 Å². The Morgan fingerprint density at radius 3 is 2.50 bits per heavy atom. The number of rotatable bonds is 7. The number of aldehydes is 1. The van der Waals surface area contributed by atoms with Crippen LogP contribution in [0.15, 0.2) is 30.3 Å². The summed E-state index contributed by atoms with van der Waals surface area (Å²) in [5.41, 5.74) is 3.31. The maximum absolute atomic E-state index is 10.6. The summed E-state index contributed by atoms with van der Waals surface area (Å²) in [6.07, 6.45) is 4.40. The van der Waals surface area contributed by atoms with E-state index < -0.39 is 0 Å². The van der Waals surface area contributed by atoms with Gasteiger partial charge in [0.2, 0.25) is 0 Å². The lowest BCUT2D eigenvalue weighted by Crippen LogP contribution is -2.02. The van der Waals surface area contributed by atoms with Crippen LogP contribution in [0.4, 0.5) is 5.69 Å². The minimum absolute atomic E-state index is 0.721. The Balaban J connectivity index is 1.68. The molecule has 0 atom stereocenters. The molecule has 3 heteroatoms. The number of anilines is 1. The molecule has 0 saturated carbocycles. The number of carbonyl (C=O) groups is 1. The Kier molecular flexibility index (Phi) is 5.36. The molecule has 0 unspecified atom stereocenters. The minimum Gasteiger partial charge on any atom is -0.385 e. The first-order chi connectivity index (χ1) is 9.69. The van der Waals surface area contributed by atoms with Crippen molar-refractivity contribution in [2.45, 2.75) is 33.1 Å². The monoisotopic (exact) mass is 287 g/mol. The molecule has 2 aromatic rings. The normalized spacial score (nSPS) is 10.5. The molecule has 1 aromatic heterocycles. The fourth-order valence-electron chi connectivity index (χ4n) is 2.28. The molecule has 106 valence electrons. The zero-order chi connectivity index (χ0) is 14.4. The van der Waals surface area contributed by atoms with Crippen molar-refractivity contribution in [2.75, 3.05) is 11.9 Å². The third kappa shape index (κ3) is 4.20. The predicted octanol–water partition coefficient (Wildman–Crippen LogP) is 4.61. The molecule has 2 nitrogen and oxygen atoms in total. The lowest BCUT2D eigenvalue weighted by atomic mass is 10.1. The lowest BCUT2D eigenvalue weighted by molar-refractivity contribution is 0.112. The van der Waals surface area contributed by atoms with E-state index in [1.165, 1.54) is 28.2 Å². The molecule has 1 aromatic carbocycles. The van der Waals surface area contributed by atoms with Gasteiger partial charge in [-0.2, -0.15) is 0 Å². The van der Waals surface area contributed by atoms with Gasteiger partial charge in [0, 0.05) is 27.5 Å². The molecule has 0 aliphatic carbocycles. The van der Waals surface area contributed by atoms with Crippen LogP contribution in [0.2, 0.25) is 0 Å². The van der Waals surface area contributed by atoms with Gasteiger partial charge < -0.3 is 5.32 Å². The molecule has 0 saturated heterocycles. The van der Waals surface area contributed by atoms with Crippen molar-refractivity contribution in [1.29, 1.82) is 0 Å². The van der Waals surface area contributed by atoms with Crippen LogP contribution in [-0.2, 0) is 6.42 Å². The number of aryl methyl sites for hydroxylation is 3. The van der Waals surface area contributed by atoms with Crippen LogP contribution in [0.5, 0.6) is 0 Å². The van der Waals surface area contributed by atoms with Gasteiger partial charge in [0.05, 0.1) is 0 Å². The summed E-state index contributed by atoms with van der Waals surface area (Å²) < 4.78 is 0. The van der Waals surface area contributed by atoms with E-state index in [9.17, 15) is 4.79 Å². The van der Waals surface area contributed by atoms with E-state index >= 15 is 0 Å². The standard InChI is InChI=1S/C17H21NOS/c1-13-11-16(14(2)20-13)5-3-4-10-18-17-8-6-15(12-19)7-9-17/h6-9,11-12,18H,3-5,10H2,1-2H3.